The summed E-state index contributed by atoms with van der Waals surface area (Å²) in [7, 11) is 0. The van der Waals surface area contributed by atoms with Crippen molar-refractivity contribution in [1.29, 1.82) is 0 Å². The van der Waals surface area contributed by atoms with Crippen LogP contribution in [0.15, 0.2) is 95.6 Å². The second kappa shape index (κ2) is 9.88. The van der Waals surface area contributed by atoms with E-state index >= 15 is 0 Å². The molecule has 1 amide bonds. The van der Waals surface area contributed by atoms with Gasteiger partial charge in [0.15, 0.2) is 0 Å². The van der Waals surface area contributed by atoms with Crippen molar-refractivity contribution < 1.29 is 9.53 Å². The summed E-state index contributed by atoms with van der Waals surface area (Å²) in [4.78, 5) is 12.5. The zero-order chi connectivity index (χ0) is 19.6. The Bertz CT molecular complexity index is 964. The number of amides is 1. The van der Waals surface area contributed by atoms with E-state index in [4.69, 9.17) is 4.74 Å². The van der Waals surface area contributed by atoms with Gasteiger partial charge in [-0.3, -0.25) is 4.79 Å². The molecule has 0 radical (unpaired) electrons. The molecule has 4 heteroatoms. The van der Waals surface area contributed by atoms with Crippen LogP contribution in [0.5, 0.6) is 5.75 Å². The average molecular weight is 370 g/mol. The molecule has 0 saturated carbocycles. The van der Waals surface area contributed by atoms with Crippen LogP contribution in [-0.4, -0.2) is 12.1 Å². The molecule has 0 bridgehead atoms. The monoisotopic (exact) mass is 370 g/mol. The van der Waals surface area contributed by atoms with Gasteiger partial charge >= 0.3 is 0 Å². The number of nitrogens with one attached hydrogen (secondary N) is 1. The molecule has 4 nitrogen and oxygen atoms in total. The lowest BCUT2D eigenvalue weighted by atomic mass is 10.1. The molecule has 1 N–H and O–H groups in total. The van der Waals surface area contributed by atoms with Crippen LogP contribution in [-0.2, 0) is 6.61 Å². The molecule has 0 aliphatic rings. The van der Waals surface area contributed by atoms with Crippen molar-refractivity contribution in [3.8, 4) is 5.75 Å². The lowest BCUT2D eigenvalue weighted by Crippen LogP contribution is -2.18. The van der Waals surface area contributed by atoms with Crippen LogP contribution < -0.4 is 10.2 Å². The highest BCUT2D eigenvalue weighted by Gasteiger charge is 2.11. The highest BCUT2D eigenvalue weighted by molar-refractivity contribution is 5.97. The van der Waals surface area contributed by atoms with Gasteiger partial charge in [0.05, 0.1) is 11.8 Å². The van der Waals surface area contributed by atoms with Gasteiger partial charge in [-0.25, -0.2) is 5.43 Å². The number of nitrogens with zero attached hydrogens (tertiary/aromatic N) is 1. The topological polar surface area (TPSA) is 50.7 Å². The average Bonchev–Trinajstić information content (AvgIpc) is 2.74. The Kier molecular flexibility index (Phi) is 6.74. The SMILES string of the molecule is CC(/C=N\NC(=O)c1ccccc1OCc1ccccc1)=C/c1ccccc1. The van der Waals surface area contributed by atoms with Crippen LogP contribution in [0, 0.1) is 0 Å². The first-order valence-electron chi connectivity index (χ1n) is 9.05. The number of carbonyl (C=O) groups excluding carboxylic acids is 1. The van der Waals surface area contributed by atoms with E-state index in [1.165, 1.54) is 0 Å². The molecule has 0 fully saturated rings. The summed E-state index contributed by atoms with van der Waals surface area (Å²) in [6, 6.07) is 26.9. The molecule has 0 saturated heterocycles. The minimum Gasteiger partial charge on any atom is -0.488 e. The van der Waals surface area contributed by atoms with Crippen LogP contribution >= 0.6 is 0 Å². The molecule has 0 spiro atoms. The van der Waals surface area contributed by atoms with Crippen LogP contribution in [0.2, 0.25) is 0 Å². The Morgan fingerprint density at radius 2 is 1.57 bits per heavy atom. The molecule has 0 atom stereocenters. The van der Waals surface area contributed by atoms with Gasteiger partial charge in [-0.05, 0) is 35.8 Å². The minimum atomic E-state index is -0.313. The number of carbonyl (C=O) groups is 1. The maximum atomic E-state index is 12.5. The van der Waals surface area contributed by atoms with Crippen molar-refractivity contribution in [3.05, 3.63) is 107 Å². The summed E-state index contributed by atoms with van der Waals surface area (Å²) in [5.74, 6) is 0.211. The van der Waals surface area contributed by atoms with E-state index in [1.54, 1.807) is 24.4 Å². The predicted octanol–water partition coefficient (Wildman–Crippen LogP) is 5.08. The third kappa shape index (κ3) is 5.68. The summed E-state index contributed by atoms with van der Waals surface area (Å²) in [5.41, 5.74) is 6.06. The van der Waals surface area contributed by atoms with Gasteiger partial charge in [0.25, 0.3) is 5.91 Å². The second-order valence-corrected chi connectivity index (χ2v) is 6.27. The van der Waals surface area contributed by atoms with Gasteiger partial charge in [0.1, 0.15) is 12.4 Å². The highest BCUT2D eigenvalue weighted by Crippen LogP contribution is 2.19. The fourth-order valence-electron chi connectivity index (χ4n) is 2.62. The maximum Gasteiger partial charge on any atom is 0.275 e. The number of allylic oxidation sites excluding steroid dienone is 1. The molecule has 0 unspecified atom stereocenters. The molecule has 0 heterocycles. The van der Waals surface area contributed by atoms with E-state index in [-0.39, 0.29) is 5.91 Å². The fraction of sp³-hybridized carbons (Fsp3) is 0.0833. The first-order chi connectivity index (χ1) is 13.7. The zero-order valence-corrected chi connectivity index (χ0v) is 15.7. The van der Waals surface area contributed by atoms with Crippen molar-refractivity contribution in [1.82, 2.24) is 5.43 Å². The number of para-hydroxylation sites is 1. The van der Waals surface area contributed by atoms with Gasteiger partial charge in [0.2, 0.25) is 0 Å². The molecular weight excluding hydrogens is 348 g/mol. The largest absolute Gasteiger partial charge is 0.488 e. The summed E-state index contributed by atoms with van der Waals surface area (Å²) >= 11 is 0. The van der Waals surface area contributed by atoms with Crippen molar-refractivity contribution in [3.63, 3.8) is 0 Å². The number of ether oxygens (including phenoxy) is 1. The summed E-state index contributed by atoms with van der Waals surface area (Å²) in [6.07, 6.45) is 3.62. The Hall–Kier alpha value is -3.66. The summed E-state index contributed by atoms with van der Waals surface area (Å²) < 4.78 is 5.83. The van der Waals surface area contributed by atoms with E-state index in [9.17, 15) is 4.79 Å². The molecule has 140 valence electrons. The zero-order valence-electron chi connectivity index (χ0n) is 15.7. The number of hydrazone groups is 1. The van der Waals surface area contributed by atoms with Crippen molar-refractivity contribution in [2.75, 3.05) is 0 Å². The molecule has 0 aliphatic heterocycles. The molecule has 0 aromatic heterocycles. The van der Waals surface area contributed by atoms with Crippen LogP contribution in [0.25, 0.3) is 6.08 Å². The van der Waals surface area contributed by atoms with E-state index in [0.717, 1.165) is 16.7 Å². The fourth-order valence-corrected chi connectivity index (χ4v) is 2.62. The van der Waals surface area contributed by atoms with E-state index in [0.29, 0.717) is 17.9 Å². The van der Waals surface area contributed by atoms with Gasteiger partial charge in [-0.1, -0.05) is 78.9 Å². The summed E-state index contributed by atoms with van der Waals surface area (Å²) in [6.45, 7) is 2.33. The van der Waals surface area contributed by atoms with Gasteiger partial charge < -0.3 is 4.74 Å². The van der Waals surface area contributed by atoms with Gasteiger partial charge in [-0.15, -0.1) is 0 Å². The molecule has 3 aromatic carbocycles. The lowest BCUT2D eigenvalue weighted by Gasteiger charge is -2.10. The van der Waals surface area contributed by atoms with Crippen molar-refractivity contribution in [2.24, 2.45) is 5.10 Å². The predicted molar refractivity (Wildman–Crippen MR) is 113 cm³/mol. The van der Waals surface area contributed by atoms with Gasteiger partial charge in [0, 0.05) is 0 Å². The Balaban J connectivity index is 1.62. The Labute approximate surface area is 165 Å². The molecular formula is C24H22N2O2. The standard InChI is InChI=1S/C24H22N2O2/c1-19(16-20-10-4-2-5-11-20)17-25-26-24(27)22-14-8-9-15-23(22)28-18-21-12-6-3-7-13-21/h2-17H,18H2,1H3,(H,26,27)/b19-16-,25-17-. The lowest BCUT2D eigenvalue weighted by molar-refractivity contribution is 0.0950. The number of hydrogen-bond acceptors (Lipinski definition) is 3. The van der Waals surface area contributed by atoms with Crippen LogP contribution in [0.3, 0.4) is 0 Å². The number of benzene rings is 3. The molecule has 0 aliphatic carbocycles. The number of hydrogen-bond donors (Lipinski definition) is 1. The Morgan fingerprint density at radius 1 is 0.929 bits per heavy atom. The summed E-state index contributed by atoms with van der Waals surface area (Å²) in [5, 5.41) is 4.05. The van der Waals surface area contributed by atoms with E-state index < -0.39 is 0 Å². The van der Waals surface area contributed by atoms with E-state index in [1.807, 2.05) is 79.7 Å². The second-order valence-electron chi connectivity index (χ2n) is 6.27. The van der Waals surface area contributed by atoms with Crippen LogP contribution in [0.1, 0.15) is 28.4 Å². The minimum absolute atomic E-state index is 0.313. The highest BCUT2D eigenvalue weighted by atomic mass is 16.5. The van der Waals surface area contributed by atoms with Crippen LogP contribution in [0.4, 0.5) is 0 Å². The quantitative estimate of drug-likeness (QED) is 0.465. The maximum absolute atomic E-state index is 12.5. The normalized spacial score (nSPS) is 11.4. The third-order valence-corrected chi connectivity index (χ3v) is 4.00. The van der Waals surface area contributed by atoms with Crippen molar-refractivity contribution in [2.45, 2.75) is 13.5 Å². The third-order valence-electron chi connectivity index (χ3n) is 4.00. The van der Waals surface area contributed by atoms with Crippen molar-refractivity contribution >= 4 is 18.2 Å². The Morgan fingerprint density at radius 3 is 2.32 bits per heavy atom. The van der Waals surface area contributed by atoms with Gasteiger partial charge in [-0.2, -0.15) is 5.10 Å². The first kappa shape index (κ1) is 19.1. The molecule has 28 heavy (non-hydrogen) atoms. The van der Waals surface area contributed by atoms with E-state index in [2.05, 4.69) is 10.5 Å². The molecule has 3 aromatic rings. The smallest absolute Gasteiger partial charge is 0.275 e. The molecule has 3 rings (SSSR count). The number of rotatable bonds is 7. The first-order valence-corrected chi connectivity index (χ1v) is 9.05.